The molecular weight excluding hydrogens is 324 g/mol. The number of nitrogens with one attached hydrogen (secondary N) is 1. The molecule has 5 heteroatoms. The summed E-state index contributed by atoms with van der Waals surface area (Å²) < 4.78 is 0. The summed E-state index contributed by atoms with van der Waals surface area (Å²) in [4.78, 5) is 20.8. The summed E-state index contributed by atoms with van der Waals surface area (Å²) in [5.41, 5.74) is 5.15. The molecule has 0 aliphatic carbocycles. The first kappa shape index (κ1) is 18.4. The molecule has 2 aromatic rings. The number of amides is 1. The average molecular weight is 352 g/mol. The van der Waals surface area contributed by atoms with E-state index < -0.39 is 0 Å². The Labute approximate surface area is 156 Å². The maximum Gasteiger partial charge on any atom is 0.223 e. The molecule has 0 saturated carbocycles. The second-order valence-electron chi connectivity index (χ2n) is 6.87. The first-order valence-corrected chi connectivity index (χ1v) is 9.33. The molecule has 5 nitrogen and oxygen atoms in total. The topological polar surface area (TPSA) is 48.5 Å². The highest BCUT2D eigenvalue weighted by Gasteiger charge is 2.21. The van der Waals surface area contributed by atoms with E-state index in [4.69, 9.17) is 0 Å². The highest BCUT2D eigenvalue weighted by Crippen LogP contribution is 2.23. The molecule has 1 aliphatic heterocycles. The minimum absolute atomic E-state index is 0.243. The summed E-state index contributed by atoms with van der Waals surface area (Å²) in [6, 6.07) is 10.4. The lowest BCUT2D eigenvalue weighted by Gasteiger charge is -2.37. The van der Waals surface area contributed by atoms with Crippen LogP contribution < -0.4 is 10.2 Å². The van der Waals surface area contributed by atoms with E-state index >= 15 is 0 Å². The van der Waals surface area contributed by atoms with Gasteiger partial charge in [-0.3, -0.25) is 9.78 Å². The van der Waals surface area contributed by atoms with Crippen molar-refractivity contribution in [2.24, 2.45) is 0 Å². The van der Waals surface area contributed by atoms with Gasteiger partial charge in [0.25, 0.3) is 0 Å². The number of hydrogen-bond acceptors (Lipinski definition) is 4. The zero-order valence-electron chi connectivity index (χ0n) is 15.7. The van der Waals surface area contributed by atoms with Crippen LogP contribution in [-0.4, -0.2) is 48.5 Å². The molecular formula is C21H28N4O. The number of aryl methyl sites for hydroxylation is 1. The van der Waals surface area contributed by atoms with E-state index in [1.165, 1.54) is 22.4 Å². The van der Waals surface area contributed by atoms with Crippen LogP contribution in [0, 0.1) is 13.8 Å². The predicted molar refractivity (Wildman–Crippen MR) is 105 cm³/mol. The highest BCUT2D eigenvalue weighted by atomic mass is 16.2. The zero-order chi connectivity index (χ0) is 18.4. The van der Waals surface area contributed by atoms with Crippen LogP contribution in [0.4, 0.5) is 5.69 Å². The summed E-state index contributed by atoms with van der Waals surface area (Å²) in [5.74, 6) is 0.243. The molecule has 0 unspecified atom stereocenters. The average Bonchev–Trinajstić information content (AvgIpc) is 2.68. The molecule has 1 fully saturated rings. The Bertz CT molecular complexity index is 724. The third kappa shape index (κ3) is 4.61. The molecule has 1 aromatic heterocycles. The molecule has 1 amide bonds. The van der Waals surface area contributed by atoms with Crippen LogP contribution in [0.5, 0.6) is 0 Å². The summed E-state index contributed by atoms with van der Waals surface area (Å²) in [7, 11) is 0. The van der Waals surface area contributed by atoms with Crippen LogP contribution in [0.3, 0.4) is 0 Å². The molecule has 0 radical (unpaired) electrons. The monoisotopic (exact) mass is 352 g/mol. The van der Waals surface area contributed by atoms with E-state index in [-0.39, 0.29) is 5.91 Å². The molecule has 2 heterocycles. The lowest BCUT2D eigenvalue weighted by Crippen LogP contribution is -2.49. The first-order chi connectivity index (χ1) is 12.6. The lowest BCUT2D eigenvalue weighted by atomic mass is 10.1. The van der Waals surface area contributed by atoms with Gasteiger partial charge >= 0.3 is 0 Å². The molecule has 138 valence electrons. The Kier molecular flexibility index (Phi) is 6.23. The highest BCUT2D eigenvalue weighted by molar-refractivity contribution is 5.76. The smallest absolute Gasteiger partial charge is 0.223 e. The maximum atomic E-state index is 12.4. The van der Waals surface area contributed by atoms with E-state index in [9.17, 15) is 4.79 Å². The number of hydrogen-bond donors (Lipinski definition) is 1. The van der Waals surface area contributed by atoms with Gasteiger partial charge in [-0.05, 0) is 48.7 Å². The minimum atomic E-state index is 0.243. The molecule has 0 atom stereocenters. The van der Waals surface area contributed by atoms with Crippen molar-refractivity contribution in [3.8, 4) is 0 Å². The fourth-order valence-corrected chi connectivity index (χ4v) is 3.36. The largest absolute Gasteiger partial charge is 0.368 e. The second-order valence-corrected chi connectivity index (χ2v) is 6.87. The number of carbonyl (C=O) groups is 1. The van der Waals surface area contributed by atoms with Crippen molar-refractivity contribution < 1.29 is 4.79 Å². The third-order valence-corrected chi connectivity index (χ3v) is 5.14. The van der Waals surface area contributed by atoms with Crippen LogP contribution in [0.25, 0.3) is 0 Å². The van der Waals surface area contributed by atoms with Crippen LogP contribution in [0.2, 0.25) is 0 Å². The van der Waals surface area contributed by atoms with Crippen LogP contribution in [-0.2, 0) is 11.3 Å². The normalized spacial score (nSPS) is 14.5. The van der Waals surface area contributed by atoms with Gasteiger partial charge in [0.2, 0.25) is 5.91 Å². The Balaban J connectivity index is 1.41. The molecule has 0 spiro atoms. The molecule has 1 N–H and O–H groups in total. The van der Waals surface area contributed by atoms with Gasteiger partial charge in [-0.25, -0.2) is 0 Å². The number of rotatable bonds is 6. The number of piperazine rings is 1. The second kappa shape index (κ2) is 8.81. The van der Waals surface area contributed by atoms with Crippen molar-refractivity contribution in [1.29, 1.82) is 0 Å². The third-order valence-electron chi connectivity index (χ3n) is 5.14. The van der Waals surface area contributed by atoms with Crippen molar-refractivity contribution in [1.82, 2.24) is 15.2 Å². The number of carbonyl (C=O) groups excluding carboxylic acids is 1. The summed E-state index contributed by atoms with van der Waals surface area (Å²) >= 11 is 0. The fraction of sp³-hybridized carbons (Fsp3) is 0.429. The van der Waals surface area contributed by atoms with Crippen LogP contribution in [0.1, 0.15) is 23.1 Å². The van der Waals surface area contributed by atoms with Gasteiger partial charge < -0.3 is 15.1 Å². The van der Waals surface area contributed by atoms with E-state index in [0.717, 1.165) is 32.7 Å². The maximum absolute atomic E-state index is 12.4. The standard InChI is InChI=1S/C21H28N4O/c1-17-4-3-5-20(18(17)2)24-12-14-25(15-13-24)21(26)8-11-23-16-19-6-9-22-10-7-19/h3-7,9-10,23H,8,11-16H2,1-2H3. The van der Waals surface area contributed by atoms with E-state index in [1.54, 1.807) is 12.4 Å². The van der Waals surface area contributed by atoms with Gasteiger partial charge in [0.1, 0.15) is 0 Å². The zero-order valence-corrected chi connectivity index (χ0v) is 15.7. The van der Waals surface area contributed by atoms with E-state index in [0.29, 0.717) is 13.0 Å². The lowest BCUT2D eigenvalue weighted by molar-refractivity contribution is -0.131. The number of pyridine rings is 1. The van der Waals surface area contributed by atoms with E-state index in [2.05, 4.69) is 47.2 Å². The van der Waals surface area contributed by atoms with Crippen molar-refractivity contribution in [3.63, 3.8) is 0 Å². The van der Waals surface area contributed by atoms with Gasteiger partial charge in [-0.1, -0.05) is 12.1 Å². The molecule has 26 heavy (non-hydrogen) atoms. The van der Waals surface area contributed by atoms with Gasteiger partial charge in [-0.2, -0.15) is 0 Å². The molecule has 0 bridgehead atoms. The van der Waals surface area contributed by atoms with Crippen molar-refractivity contribution in [2.75, 3.05) is 37.6 Å². The van der Waals surface area contributed by atoms with Crippen LogP contribution >= 0.6 is 0 Å². The van der Waals surface area contributed by atoms with E-state index in [1.807, 2.05) is 17.0 Å². The number of anilines is 1. The van der Waals surface area contributed by atoms with Crippen molar-refractivity contribution in [3.05, 3.63) is 59.4 Å². The molecule has 3 rings (SSSR count). The van der Waals surface area contributed by atoms with Gasteiger partial charge in [-0.15, -0.1) is 0 Å². The number of benzene rings is 1. The minimum Gasteiger partial charge on any atom is -0.368 e. The Hall–Kier alpha value is -2.40. The first-order valence-electron chi connectivity index (χ1n) is 9.33. The predicted octanol–water partition coefficient (Wildman–Crippen LogP) is 2.53. The van der Waals surface area contributed by atoms with Crippen molar-refractivity contribution in [2.45, 2.75) is 26.8 Å². The quantitative estimate of drug-likeness (QED) is 0.812. The molecule has 1 aromatic carbocycles. The summed E-state index contributed by atoms with van der Waals surface area (Å²) in [6.07, 6.45) is 4.13. The fourth-order valence-electron chi connectivity index (χ4n) is 3.36. The Morgan fingerprint density at radius 2 is 1.81 bits per heavy atom. The Morgan fingerprint density at radius 3 is 2.54 bits per heavy atom. The van der Waals surface area contributed by atoms with Gasteiger partial charge in [0.15, 0.2) is 0 Å². The Morgan fingerprint density at radius 1 is 1.08 bits per heavy atom. The number of nitrogens with zero attached hydrogens (tertiary/aromatic N) is 3. The van der Waals surface area contributed by atoms with Crippen LogP contribution in [0.15, 0.2) is 42.7 Å². The summed E-state index contributed by atoms with van der Waals surface area (Å²) in [6.45, 7) is 9.22. The van der Waals surface area contributed by atoms with Gasteiger partial charge in [0, 0.05) is 63.8 Å². The van der Waals surface area contributed by atoms with Crippen molar-refractivity contribution >= 4 is 11.6 Å². The molecule has 1 aliphatic rings. The number of aromatic nitrogens is 1. The SMILES string of the molecule is Cc1cccc(N2CCN(C(=O)CCNCc3ccncc3)CC2)c1C. The summed E-state index contributed by atoms with van der Waals surface area (Å²) in [5, 5.41) is 3.33. The van der Waals surface area contributed by atoms with Gasteiger partial charge in [0.05, 0.1) is 0 Å². The molecule has 1 saturated heterocycles.